The number of fused-ring (bicyclic) bond motifs is 1. The van der Waals surface area contributed by atoms with E-state index in [4.69, 9.17) is 4.42 Å². The number of aromatic nitrogens is 1. The van der Waals surface area contributed by atoms with Crippen LogP contribution in [-0.2, 0) is 0 Å². The molecule has 1 aromatic carbocycles. The number of unbranched alkanes of at least 4 members (excludes halogenated alkanes) is 1. The van der Waals surface area contributed by atoms with Gasteiger partial charge in [0.2, 0.25) is 0 Å². The average molecular weight is 275 g/mol. The summed E-state index contributed by atoms with van der Waals surface area (Å²) < 4.78 is 18.9. The van der Waals surface area contributed by atoms with Gasteiger partial charge in [0, 0.05) is 12.0 Å². The highest BCUT2D eigenvalue weighted by atomic mass is 19.1. The molecule has 2 heterocycles. The van der Waals surface area contributed by atoms with Crippen LogP contribution in [0.2, 0.25) is 0 Å². The van der Waals surface area contributed by atoms with Gasteiger partial charge in [-0.15, -0.1) is 0 Å². The van der Waals surface area contributed by atoms with Crippen molar-refractivity contribution in [3.05, 3.63) is 36.8 Å². The summed E-state index contributed by atoms with van der Waals surface area (Å²) in [6.07, 6.45) is 4.28. The van der Waals surface area contributed by atoms with Crippen molar-refractivity contribution in [3.63, 3.8) is 0 Å². The minimum Gasteiger partial charge on any atom is -0.440 e. The minimum absolute atomic E-state index is 0.275. The molecule has 20 heavy (non-hydrogen) atoms. The summed E-state index contributed by atoms with van der Waals surface area (Å²) in [4.78, 5) is 6.98. The van der Waals surface area contributed by atoms with E-state index in [0.29, 0.717) is 11.5 Å². The molecule has 1 radical (unpaired) electrons. The van der Waals surface area contributed by atoms with Gasteiger partial charge in [-0.25, -0.2) is 9.37 Å². The lowest BCUT2D eigenvalue weighted by Gasteiger charge is -2.30. The highest BCUT2D eigenvalue weighted by Gasteiger charge is 2.24. The molecular formula is C16H20FN2O. The van der Waals surface area contributed by atoms with Crippen molar-refractivity contribution in [2.24, 2.45) is 0 Å². The zero-order valence-electron chi connectivity index (χ0n) is 11.6. The number of nitrogens with zero attached hydrogens (tertiary/aromatic N) is 2. The molecule has 1 aromatic heterocycles. The summed E-state index contributed by atoms with van der Waals surface area (Å²) in [6, 6.07) is 4.52. The highest BCUT2D eigenvalue weighted by molar-refractivity contribution is 5.72. The molecule has 0 amide bonds. The van der Waals surface area contributed by atoms with E-state index in [9.17, 15) is 4.39 Å². The SMILES string of the molecule is [CH2]CCCN1CCC(c2nc3ccc(F)cc3o2)CC1. The van der Waals surface area contributed by atoms with E-state index < -0.39 is 0 Å². The Hall–Kier alpha value is -1.42. The first-order chi connectivity index (χ1) is 9.76. The largest absolute Gasteiger partial charge is 0.440 e. The van der Waals surface area contributed by atoms with Gasteiger partial charge in [-0.3, -0.25) is 0 Å². The molecule has 1 saturated heterocycles. The van der Waals surface area contributed by atoms with Crippen molar-refractivity contribution in [3.8, 4) is 0 Å². The Morgan fingerprint density at radius 3 is 2.90 bits per heavy atom. The Bertz CT molecular complexity index is 573. The molecule has 3 nitrogen and oxygen atoms in total. The molecule has 0 bridgehead atoms. The number of piperidine rings is 1. The number of likely N-dealkylation sites (tertiary alicyclic amines) is 1. The molecule has 2 aromatic rings. The summed E-state index contributed by atoms with van der Waals surface area (Å²) in [5.74, 6) is 0.854. The van der Waals surface area contributed by atoms with Crippen LogP contribution in [0.4, 0.5) is 4.39 Å². The van der Waals surface area contributed by atoms with Crippen molar-refractivity contribution in [2.45, 2.75) is 31.6 Å². The van der Waals surface area contributed by atoms with E-state index in [2.05, 4.69) is 16.8 Å². The van der Waals surface area contributed by atoms with Gasteiger partial charge < -0.3 is 9.32 Å². The maximum atomic E-state index is 13.2. The number of hydrogen-bond donors (Lipinski definition) is 0. The standard InChI is InChI=1S/C16H20FN2O/c1-2-3-8-19-9-6-12(7-10-19)16-18-14-5-4-13(17)11-15(14)20-16/h4-5,11-12H,1-3,6-10H2. The third-order valence-corrected chi connectivity index (χ3v) is 4.03. The number of benzene rings is 1. The third kappa shape index (κ3) is 2.85. The van der Waals surface area contributed by atoms with Crippen LogP contribution < -0.4 is 0 Å². The van der Waals surface area contributed by atoms with E-state index in [-0.39, 0.29) is 5.82 Å². The molecule has 3 rings (SSSR count). The maximum absolute atomic E-state index is 13.2. The second-order valence-electron chi connectivity index (χ2n) is 5.49. The van der Waals surface area contributed by atoms with Gasteiger partial charge >= 0.3 is 0 Å². The quantitative estimate of drug-likeness (QED) is 0.850. The van der Waals surface area contributed by atoms with Crippen molar-refractivity contribution in [1.82, 2.24) is 9.88 Å². The van der Waals surface area contributed by atoms with Gasteiger partial charge in [0.1, 0.15) is 11.3 Å². The van der Waals surface area contributed by atoms with Crippen LogP contribution >= 0.6 is 0 Å². The lowest BCUT2D eigenvalue weighted by molar-refractivity contribution is 0.199. The second-order valence-corrected chi connectivity index (χ2v) is 5.49. The molecule has 1 aliphatic rings. The van der Waals surface area contributed by atoms with E-state index in [0.717, 1.165) is 56.7 Å². The molecule has 1 fully saturated rings. The number of oxazole rings is 1. The van der Waals surface area contributed by atoms with Crippen LogP contribution in [0.3, 0.4) is 0 Å². The lowest BCUT2D eigenvalue weighted by Crippen LogP contribution is -2.33. The van der Waals surface area contributed by atoms with E-state index in [1.54, 1.807) is 6.07 Å². The summed E-state index contributed by atoms with van der Waals surface area (Å²) in [6.45, 7) is 7.18. The smallest absolute Gasteiger partial charge is 0.198 e. The summed E-state index contributed by atoms with van der Waals surface area (Å²) in [5, 5.41) is 0. The fraction of sp³-hybridized carbons (Fsp3) is 0.500. The van der Waals surface area contributed by atoms with Crippen molar-refractivity contribution in [2.75, 3.05) is 19.6 Å². The van der Waals surface area contributed by atoms with Gasteiger partial charge in [0.05, 0.1) is 0 Å². The second kappa shape index (κ2) is 5.92. The highest BCUT2D eigenvalue weighted by Crippen LogP contribution is 2.30. The predicted molar refractivity (Wildman–Crippen MR) is 77.0 cm³/mol. The van der Waals surface area contributed by atoms with Crippen molar-refractivity contribution in [1.29, 1.82) is 0 Å². The summed E-state index contributed by atoms with van der Waals surface area (Å²) >= 11 is 0. The average Bonchev–Trinajstić information content (AvgIpc) is 2.88. The number of halogens is 1. The molecule has 0 spiro atoms. The Kier molecular flexibility index (Phi) is 4.01. The topological polar surface area (TPSA) is 29.3 Å². The zero-order chi connectivity index (χ0) is 13.9. The molecule has 0 unspecified atom stereocenters. The van der Waals surface area contributed by atoms with Crippen LogP contribution in [0.15, 0.2) is 22.6 Å². The van der Waals surface area contributed by atoms with Gasteiger partial charge in [-0.05, 0) is 51.0 Å². The lowest BCUT2D eigenvalue weighted by atomic mass is 9.96. The van der Waals surface area contributed by atoms with Gasteiger partial charge in [0.25, 0.3) is 0 Å². The van der Waals surface area contributed by atoms with Crippen LogP contribution in [0.5, 0.6) is 0 Å². The number of hydrogen-bond acceptors (Lipinski definition) is 3. The number of rotatable bonds is 4. The fourth-order valence-electron chi connectivity index (χ4n) is 2.83. The first-order valence-corrected chi connectivity index (χ1v) is 7.34. The van der Waals surface area contributed by atoms with Gasteiger partial charge in [-0.2, -0.15) is 0 Å². The fourth-order valence-corrected chi connectivity index (χ4v) is 2.83. The molecule has 1 aliphatic heterocycles. The normalized spacial score (nSPS) is 17.9. The first kappa shape index (κ1) is 13.6. The molecule has 0 atom stereocenters. The van der Waals surface area contributed by atoms with Crippen LogP contribution in [0.25, 0.3) is 11.1 Å². The van der Waals surface area contributed by atoms with Gasteiger partial charge in [0.15, 0.2) is 11.5 Å². The van der Waals surface area contributed by atoms with Crippen LogP contribution in [-0.4, -0.2) is 29.5 Å². The minimum atomic E-state index is -0.275. The van der Waals surface area contributed by atoms with Crippen molar-refractivity contribution >= 4 is 11.1 Å². The summed E-state index contributed by atoms with van der Waals surface area (Å²) in [5.41, 5.74) is 1.31. The first-order valence-electron chi connectivity index (χ1n) is 7.34. The van der Waals surface area contributed by atoms with E-state index in [1.165, 1.54) is 12.1 Å². The molecule has 0 saturated carbocycles. The predicted octanol–water partition coefficient (Wildman–Crippen LogP) is 3.76. The van der Waals surface area contributed by atoms with Crippen LogP contribution in [0.1, 0.15) is 37.5 Å². The maximum Gasteiger partial charge on any atom is 0.198 e. The van der Waals surface area contributed by atoms with E-state index >= 15 is 0 Å². The summed E-state index contributed by atoms with van der Waals surface area (Å²) in [7, 11) is 0. The Balaban J connectivity index is 1.67. The Morgan fingerprint density at radius 1 is 1.35 bits per heavy atom. The monoisotopic (exact) mass is 275 g/mol. The molecule has 0 aliphatic carbocycles. The molecule has 4 heteroatoms. The molecular weight excluding hydrogens is 255 g/mol. The van der Waals surface area contributed by atoms with Crippen LogP contribution in [0, 0.1) is 12.7 Å². The van der Waals surface area contributed by atoms with E-state index in [1.807, 2.05) is 0 Å². The zero-order valence-corrected chi connectivity index (χ0v) is 11.6. The molecule has 107 valence electrons. The Morgan fingerprint density at radius 2 is 2.15 bits per heavy atom. The van der Waals surface area contributed by atoms with Gasteiger partial charge in [-0.1, -0.05) is 13.3 Å². The third-order valence-electron chi connectivity index (χ3n) is 4.03. The van der Waals surface area contributed by atoms with Crippen molar-refractivity contribution < 1.29 is 8.81 Å². The molecule has 0 N–H and O–H groups in total. The Labute approximate surface area is 118 Å².